The molecular weight excluding hydrogens is 212 g/mol. The summed E-state index contributed by atoms with van der Waals surface area (Å²) in [4.78, 5) is 24.2. The monoisotopic (exact) mass is 230 g/mol. The first kappa shape index (κ1) is 12.9. The molecule has 1 amide bonds. The van der Waals surface area contributed by atoms with Gasteiger partial charge in [-0.3, -0.25) is 4.79 Å². The maximum Gasteiger partial charge on any atom is 0.326 e. The highest BCUT2D eigenvalue weighted by molar-refractivity contribution is 5.87. The summed E-state index contributed by atoms with van der Waals surface area (Å²) in [5.41, 5.74) is 4.68. The lowest BCUT2D eigenvalue weighted by Gasteiger charge is -2.30. The van der Waals surface area contributed by atoms with E-state index in [-0.39, 0.29) is 25.4 Å². The van der Waals surface area contributed by atoms with Crippen molar-refractivity contribution < 1.29 is 19.8 Å². The largest absolute Gasteiger partial charge is 0.480 e. The molecule has 4 N–H and O–H groups in total. The number of carboxylic acids is 1. The molecular formula is C10H18N2O4. The molecule has 1 heterocycles. The van der Waals surface area contributed by atoms with E-state index in [1.54, 1.807) is 13.8 Å². The van der Waals surface area contributed by atoms with Crippen LogP contribution in [0, 0.1) is 5.41 Å². The first-order valence-corrected chi connectivity index (χ1v) is 5.21. The third kappa shape index (κ3) is 2.33. The molecule has 0 bridgehead atoms. The number of aliphatic hydroxyl groups is 1. The maximum atomic E-state index is 12.0. The van der Waals surface area contributed by atoms with Crippen LogP contribution < -0.4 is 5.73 Å². The van der Waals surface area contributed by atoms with Gasteiger partial charge in [-0.1, -0.05) is 0 Å². The van der Waals surface area contributed by atoms with Crippen molar-refractivity contribution in [2.45, 2.75) is 32.4 Å². The molecule has 0 spiro atoms. The van der Waals surface area contributed by atoms with Crippen molar-refractivity contribution in [3.8, 4) is 0 Å². The molecule has 1 rings (SSSR count). The summed E-state index contributed by atoms with van der Waals surface area (Å²) >= 11 is 0. The molecule has 1 saturated heterocycles. The van der Waals surface area contributed by atoms with E-state index in [1.165, 1.54) is 4.90 Å². The number of hydrogen-bond acceptors (Lipinski definition) is 4. The Bertz CT molecular complexity index is 303. The third-order valence-electron chi connectivity index (χ3n) is 2.91. The molecule has 6 nitrogen and oxygen atoms in total. The summed E-state index contributed by atoms with van der Waals surface area (Å²) in [5, 5.41) is 18.4. The Morgan fingerprint density at radius 3 is 2.50 bits per heavy atom. The van der Waals surface area contributed by atoms with E-state index in [9.17, 15) is 14.7 Å². The average Bonchev–Trinajstić information content (AvgIpc) is 2.59. The fourth-order valence-electron chi connectivity index (χ4n) is 1.75. The van der Waals surface area contributed by atoms with Crippen LogP contribution in [0.5, 0.6) is 0 Å². The number of carboxylic acid groups (broad SMARTS) is 1. The average molecular weight is 230 g/mol. The zero-order chi connectivity index (χ0) is 12.5. The van der Waals surface area contributed by atoms with Crippen molar-refractivity contribution in [1.29, 1.82) is 0 Å². The van der Waals surface area contributed by atoms with Gasteiger partial charge in [-0.15, -0.1) is 0 Å². The van der Waals surface area contributed by atoms with Crippen LogP contribution in [-0.4, -0.2) is 52.2 Å². The van der Waals surface area contributed by atoms with Gasteiger partial charge in [0.25, 0.3) is 0 Å². The van der Waals surface area contributed by atoms with Gasteiger partial charge in [0.2, 0.25) is 5.91 Å². The number of amides is 1. The van der Waals surface area contributed by atoms with Crippen LogP contribution in [-0.2, 0) is 9.59 Å². The predicted octanol–water partition coefficient (Wildman–Crippen LogP) is -0.982. The van der Waals surface area contributed by atoms with Crippen LogP contribution in [0.1, 0.15) is 20.3 Å². The zero-order valence-electron chi connectivity index (χ0n) is 9.51. The fraction of sp³-hybridized carbons (Fsp3) is 0.800. The Kier molecular flexibility index (Phi) is 3.54. The first-order chi connectivity index (χ1) is 7.29. The van der Waals surface area contributed by atoms with Gasteiger partial charge in [-0.2, -0.15) is 0 Å². The fourth-order valence-corrected chi connectivity index (χ4v) is 1.75. The Morgan fingerprint density at radius 2 is 2.06 bits per heavy atom. The summed E-state index contributed by atoms with van der Waals surface area (Å²) in [6.45, 7) is 3.54. The highest BCUT2D eigenvalue weighted by Crippen LogP contribution is 2.25. The van der Waals surface area contributed by atoms with E-state index in [1.807, 2.05) is 0 Å². The van der Waals surface area contributed by atoms with Crippen molar-refractivity contribution in [2.24, 2.45) is 11.1 Å². The molecule has 1 aliphatic rings. The van der Waals surface area contributed by atoms with Crippen molar-refractivity contribution in [1.82, 2.24) is 4.90 Å². The van der Waals surface area contributed by atoms with Crippen LogP contribution in [0.3, 0.4) is 0 Å². The molecule has 1 unspecified atom stereocenters. The van der Waals surface area contributed by atoms with Gasteiger partial charge in [-0.05, 0) is 13.8 Å². The highest BCUT2D eigenvalue weighted by Gasteiger charge is 2.43. The van der Waals surface area contributed by atoms with Crippen molar-refractivity contribution in [3.63, 3.8) is 0 Å². The van der Waals surface area contributed by atoms with E-state index >= 15 is 0 Å². The maximum absolute atomic E-state index is 12.0. The standard InChI is InChI=1S/C10H18N2O4/c1-10(2,5-11)9(16)12-4-6(13)3-7(12)8(14)15/h6-7,13H,3-5,11H2,1-2H3,(H,14,15)/t6?,7-/m0/s1. The Morgan fingerprint density at radius 1 is 1.50 bits per heavy atom. The minimum Gasteiger partial charge on any atom is -0.480 e. The smallest absolute Gasteiger partial charge is 0.326 e. The number of nitrogens with two attached hydrogens (primary N) is 1. The summed E-state index contributed by atoms with van der Waals surface area (Å²) in [6.07, 6.45) is -0.680. The lowest BCUT2D eigenvalue weighted by atomic mass is 9.91. The van der Waals surface area contributed by atoms with Gasteiger partial charge in [0.1, 0.15) is 6.04 Å². The van der Waals surface area contributed by atoms with Gasteiger partial charge in [0.15, 0.2) is 0 Å². The summed E-state index contributed by atoms with van der Waals surface area (Å²) < 4.78 is 0. The lowest BCUT2D eigenvalue weighted by molar-refractivity contribution is -0.152. The number of likely N-dealkylation sites (tertiary alicyclic amines) is 1. The summed E-state index contributed by atoms with van der Waals surface area (Å²) in [6, 6.07) is -0.937. The molecule has 2 atom stereocenters. The Labute approximate surface area is 94.0 Å². The number of β-amino-alcohol motifs (C(OH)–C–C–N with tert-alkyl or cyclic N) is 1. The molecule has 0 aliphatic carbocycles. The van der Waals surface area contributed by atoms with E-state index in [0.29, 0.717) is 0 Å². The zero-order valence-corrected chi connectivity index (χ0v) is 9.51. The normalized spacial score (nSPS) is 25.9. The Balaban J connectivity index is 2.86. The van der Waals surface area contributed by atoms with E-state index in [4.69, 9.17) is 10.8 Å². The topological polar surface area (TPSA) is 104 Å². The predicted molar refractivity (Wildman–Crippen MR) is 56.6 cm³/mol. The van der Waals surface area contributed by atoms with Crippen molar-refractivity contribution in [2.75, 3.05) is 13.1 Å². The minimum absolute atomic E-state index is 0.0687. The number of aliphatic hydroxyl groups excluding tert-OH is 1. The van der Waals surface area contributed by atoms with Crippen LogP contribution in [0.4, 0.5) is 0 Å². The number of carbonyl (C=O) groups excluding carboxylic acids is 1. The van der Waals surface area contributed by atoms with Crippen molar-refractivity contribution >= 4 is 11.9 Å². The SMILES string of the molecule is CC(C)(CN)C(=O)N1CC(O)C[C@H]1C(=O)O. The van der Waals surface area contributed by atoms with Crippen molar-refractivity contribution in [3.05, 3.63) is 0 Å². The Hall–Kier alpha value is -1.14. The second kappa shape index (κ2) is 4.39. The molecule has 92 valence electrons. The number of hydrogen-bond donors (Lipinski definition) is 3. The second-order valence-electron chi connectivity index (χ2n) is 4.79. The van der Waals surface area contributed by atoms with Gasteiger partial charge < -0.3 is 20.8 Å². The van der Waals surface area contributed by atoms with Crippen LogP contribution in [0.2, 0.25) is 0 Å². The number of rotatable bonds is 3. The molecule has 1 fully saturated rings. The lowest BCUT2D eigenvalue weighted by Crippen LogP contribution is -2.49. The first-order valence-electron chi connectivity index (χ1n) is 5.21. The minimum atomic E-state index is -1.09. The second-order valence-corrected chi connectivity index (χ2v) is 4.79. The molecule has 0 aromatic rings. The van der Waals surface area contributed by atoms with Crippen LogP contribution in [0.15, 0.2) is 0 Å². The van der Waals surface area contributed by atoms with E-state index < -0.39 is 23.5 Å². The van der Waals surface area contributed by atoms with Crippen LogP contribution in [0.25, 0.3) is 0 Å². The third-order valence-corrected chi connectivity index (χ3v) is 2.91. The number of carbonyl (C=O) groups is 2. The van der Waals surface area contributed by atoms with E-state index in [2.05, 4.69) is 0 Å². The van der Waals surface area contributed by atoms with Gasteiger partial charge in [-0.25, -0.2) is 4.79 Å². The quantitative estimate of drug-likeness (QED) is 0.578. The number of aliphatic carboxylic acids is 1. The molecule has 1 aliphatic heterocycles. The van der Waals surface area contributed by atoms with Crippen LogP contribution >= 0.6 is 0 Å². The number of nitrogens with zero attached hydrogens (tertiary/aromatic N) is 1. The van der Waals surface area contributed by atoms with Gasteiger partial charge in [0.05, 0.1) is 11.5 Å². The molecule has 0 saturated carbocycles. The molecule has 16 heavy (non-hydrogen) atoms. The van der Waals surface area contributed by atoms with Gasteiger partial charge >= 0.3 is 5.97 Å². The summed E-state index contributed by atoms with van der Waals surface area (Å²) in [7, 11) is 0. The summed E-state index contributed by atoms with van der Waals surface area (Å²) in [5.74, 6) is -1.41. The van der Waals surface area contributed by atoms with Gasteiger partial charge in [0, 0.05) is 19.5 Å². The molecule has 0 aromatic heterocycles. The molecule has 6 heteroatoms. The highest BCUT2D eigenvalue weighted by atomic mass is 16.4. The molecule has 0 radical (unpaired) electrons. The molecule has 0 aromatic carbocycles. The van der Waals surface area contributed by atoms with E-state index in [0.717, 1.165) is 0 Å².